The zero-order valence-corrected chi connectivity index (χ0v) is 8.13. The highest BCUT2D eigenvalue weighted by molar-refractivity contribution is 7.96. The Kier molecular flexibility index (Phi) is 2.04. The maximum absolute atomic E-state index is 11.0. The Hall–Kier alpha value is -0.220. The van der Waals surface area contributed by atoms with E-state index in [-0.39, 0.29) is 5.24 Å². The van der Waals surface area contributed by atoms with Crippen molar-refractivity contribution >= 4 is 17.9 Å². The molecule has 0 radical (unpaired) electrons. The van der Waals surface area contributed by atoms with Gasteiger partial charge in [0.2, 0.25) is 0 Å². The summed E-state index contributed by atoms with van der Waals surface area (Å²) < 4.78 is 0. The Labute approximate surface area is 78.1 Å². The van der Waals surface area contributed by atoms with Crippen LogP contribution in [0.5, 0.6) is 0 Å². The van der Waals surface area contributed by atoms with E-state index in [2.05, 4.69) is 24.6 Å². The quantitative estimate of drug-likeness (QED) is 0.566. The Morgan fingerprint density at radius 2 is 1.83 bits per heavy atom. The number of hydrogen-bond acceptors (Lipinski definition) is 2. The average Bonchev–Trinajstić information content (AvgIpc) is 2.30. The fourth-order valence-electron chi connectivity index (χ4n) is 2.27. The molecule has 68 valence electrons. The van der Waals surface area contributed by atoms with Gasteiger partial charge in [-0.1, -0.05) is 12.6 Å². The summed E-state index contributed by atoms with van der Waals surface area (Å²) in [6.45, 7) is 1.74. The fraction of sp³-hybridized carbons (Fsp3) is 0.875. The molecule has 2 saturated heterocycles. The van der Waals surface area contributed by atoms with Crippen LogP contribution in [0, 0.1) is 0 Å². The monoisotopic (exact) mass is 186 g/mol. The molecule has 0 aromatic rings. The summed E-state index contributed by atoms with van der Waals surface area (Å²) in [5.74, 6) is 0. The van der Waals surface area contributed by atoms with E-state index in [0.717, 1.165) is 13.1 Å². The SMILES string of the molecule is CN1C2CCC1CN(C(=O)S)C2. The van der Waals surface area contributed by atoms with E-state index in [9.17, 15) is 4.79 Å². The number of thiol groups is 1. The number of piperazine rings is 1. The van der Waals surface area contributed by atoms with Crippen LogP contribution in [0.25, 0.3) is 0 Å². The van der Waals surface area contributed by atoms with Gasteiger partial charge in [0.25, 0.3) is 5.24 Å². The number of rotatable bonds is 0. The normalized spacial score (nSPS) is 35.7. The molecule has 2 aliphatic heterocycles. The first-order valence-electron chi connectivity index (χ1n) is 4.38. The van der Waals surface area contributed by atoms with E-state index >= 15 is 0 Å². The zero-order valence-electron chi connectivity index (χ0n) is 7.23. The Bertz CT molecular complexity index is 195. The molecule has 2 heterocycles. The van der Waals surface area contributed by atoms with Crippen LogP contribution in [0.1, 0.15) is 12.8 Å². The molecule has 2 atom stereocenters. The topological polar surface area (TPSA) is 23.6 Å². The summed E-state index contributed by atoms with van der Waals surface area (Å²) in [7, 11) is 2.16. The van der Waals surface area contributed by atoms with Gasteiger partial charge in [-0.3, -0.25) is 9.69 Å². The van der Waals surface area contributed by atoms with Gasteiger partial charge in [-0.05, 0) is 19.9 Å². The molecule has 1 amide bonds. The molecule has 2 unspecified atom stereocenters. The number of likely N-dealkylation sites (N-methyl/N-ethyl adjacent to an activating group) is 1. The third-order valence-corrected chi connectivity index (χ3v) is 3.40. The van der Waals surface area contributed by atoms with Gasteiger partial charge in [-0.2, -0.15) is 0 Å². The second kappa shape index (κ2) is 2.92. The summed E-state index contributed by atoms with van der Waals surface area (Å²) in [6.07, 6.45) is 2.47. The van der Waals surface area contributed by atoms with Crippen LogP contribution in [0.2, 0.25) is 0 Å². The maximum atomic E-state index is 11.0. The first kappa shape index (κ1) is 8.38. The lowest BCUT2D eigenvalue weighted by Crippen LogP contribution is -2.52. The van der Waals surface area contributed by atoms with Crippen LogP contribution in [-0.4, -0.2) is 47.3 Å². The predicted octanol–water partition coefficient (Wildman–Crippen LogP) is 0.815. The minimum absolute atomic E-state index is 0.0694. The van der Waals surface area contributed by atoms with Gasteiger partial charge in [0.15, 0.2) is 0 Å². The van der Waals surface area contributed by atoms with Gasteiger partial charge in [0.1, 0.15) is 0 Å². The molecule has 0 aromatic carbocycles. The molecule has 4 heteroatoms. The van der Waals surface area contributed by atoms with Crippen molar-refractivity contribution in [2.75, 3.05) is 20.1 Å². The van der Waals surface area contributed by atoms with E-state index in [0.29, 0.717) is 12.1 Å². The van der Waals surface area contributed by atoms with Gasteiger partial charge in [0, 0.05) is 25.2 Å². The van der Waals surface area contributed by atoms with Crippen LogP contribution in [0.3, 0.4) is 0 Å². The van der Waals surface area contributed by atoms with E-state index in [1.807, 2.05) is 4.90 Å². The molecule has 0 aliphatic carbocycles. The van der Waals surface area contributed by atoms with E-state index in [1.54, 1.807) is 0 Å². The molecule has 3 nitrogen and oxygen atoms in total. The fourth-order valence-corrected chi connectivity index (χ4v) is 2.43. The van der Waals surface area contributed by atoms with Crippen molar-refractivity contribution in [3.05, 3.63) is 0 Å². The molecule has 2 aliphatic rings. The van der Waals surface area contributed by atoms with E-state index < -0.39 is 0 Å². The number of nitrogens with zero attached hydrogens (tertiary/aromatic N) is 2. The molecule has 2 bridgehead atoms. The number of carbonyl (C=O) groups is 1. The number of likely N-dealkylation sites (tertiary alicyclic amines) is 1. The summed E-state index contributed by atoms with van der Waals surface area (Å²) in [4.78, 5) is 15.2. The van der Waals surface area contributed by atoms with Crippen molar-refractivity contribution in [3.63, 3.8) is 0 Å². The van der Waals surface area contributed by atoms with Crippen molar-refractivity contribution in [1.82, 2.24) is 9.80 Å². The number of amides is 1. The molecular formula is C8H14N2OS. The molecule has 2 rings (SSSR count). The third kappa shape index (κ3) is 1.23. The lowest BCUT2D eigenvalue weighted by atomic mass is 10.2. The van der Waals surface area contributed by atoms with Crippen molar-refractivity contribution in [2.45, 2.75) is 24.9 Å². The molecule has 0 aromatic heterocycles. The van der Waals surface area contributed by atoms with Gasteiger partial charge >= 0.3 is 0 Å². The summed E-state index contributed by atoms with van der Waals surface area (Å²) in [6, 6.07) is 1.17. The molecular weight excluding hydrogens is 172 g/mol. The maximum Gasteiger partial charge on any atom is 0.278 e. The largest absolute Gasteiger partial charge is 0.331 e. The third-order valence-electron chi connectivity index (χ3n) is 3.12. The Balaban J connectivity index is 2.07. The van der Waals surface area contributed by atoms with Crippen LogP contribution >= 0.6 is 12.6 Å². The van der Waals surface area contributed by atoms with E-state index in [4.69, 9.17) is 0 Å². The molecule has 0 N–H and O–H groups in total. The molecule has 0 saturated carbocycles. The van der Waals surface area contributed by atoms with Crippen molar-refractivity contribution in [2.24, 2.45) is 0 Å². The van der Waals surface area contributed by atoms with E-state index in [1.165, 1.54) is 12.8 Å². The van der Waals surface area contributed by atoms with Gasteiger partial charge in [0.05, 0.1) is 0 Å². The van der Waals surface area contributed by atoms with Crippen molar-refractivity contribution in [3.8, 4) is 0 Å². The highest BCUT2D eigenvalue weighted by Gasteiger charge is 2.38. The van der Waals surface area contributed by atoms with Crippen molar-refractivity contribution in [1.29, 1.82) is 0 Å². The average molecular weight is 186 g/mol. The van der Waals surface area contributed by atoms with Crippen LogP contribution in [0.4, 0.5) is 4.79 Å². The lowest BCUT2D eigenvalue weighted by molar-refractivity contribution is 0.115. The molecule has 2 fully saturated rings. The highest BCUT2D eigenvalue weighted by Crippen LogP contribution is 2.28. The lowest BCUT2D eigenvalue weighted by Gasteiger charge is -2.37. The summed E-state index contributed by atoms with van der Waals surface area (Å²) in [5, 5.41) is -0.0694. The van der Waals surface area contributed by atoms with Gasteiger partial charge in [-0.25, -0.2) is 0 Å². The number of hydrogen-bond donors (Lipinski definition) is 1. The van der Waals surface area contributed by atoms with Gasteiger partial charge < -0.3 is 4.90 Å². The molecule has 0 spiro atoms. The second-order valence-electron chi connectivity index (χ2n) is 3.74. The minimum atomic E-state index is -0.0694. The first-order chi connectivity index (χ1) is 5.68. The summed E-state index contributed by atoms with van der Waals surface area (Å²) in [5.41, 5.74) is 0. The van der Waals surface area contributed by atoms with Gasteiger partial charge in [-0.15, -0.1) is 0 Å². The smallest absolute Gasteiger partial charge is 0.278 e. The number of fused-ring (bicyclic) bond motifs is 2. The van der Waals surface area contributed by atoms with Crippen LogP contribution in [0.15, 0.2) is 0 Å². The zero-order chi connectivity index (χ0) is 8.72. The van der Waals surface area contributed by atoms with Crippen LogP contribution in [-0.2, 0) is 0 Å². The van der Waals surface area contributed by atoms with Crippen molar-refractivity contribution < 1.29 is 4.79 Å². The molecule has 12 heavy (non-hydrogen) atoms. The predicted molar refractivity (Wildman–Crippen MR) is 50.5 cm³/mol. The highest BCUT2D eigenvalue weighted by atomic mass is 32.1. The number of carbonyl (C=O) groups excluding carboxylic acids is 1. The second-order valence-corrected chi connectivity index (χ2v) is 4.12. The van der Waals surface area contributed by atoms with Crippen LogP contribution < -0.4 is 0 Å². The summed E-state index contributed by atoms with van der Waals surface area (Å²) >= 11 is 3.85. The standard InChI is InChI=1S/C8H14N2OS/c1-9-6-2-3-7(9)5-10(4-6)8(11)12/h6-7H,2-5H2,1H3,(H,11,12). The Morgan fingerprint density at radius 1 is 1.33 bits per heavy atom. The minimum Gasteiger partial charge on any atom is -0.331 e. The Morgan fingerprint density at radius 3 is 2.25 bits per heavy atom. The first-order valence-corrected chi connectivity index (χ1v) is 4.83.